The predicted octanol–water partition coefficient (Wildman–Crippen LogP) is 10.7. The molecule has 4 aromatic rings. The molecule has 0 nitrogen and oxygen atoms in total. The van der Waals surface area contributed by atoms with E-state index in [4.69, 9.17) is 0 Å². The first-order valence-corrected chi connectivity index (χ1v) is 14.3. The van der Waals surface area contributed by atoms with Crippen molar-refractivity contribution in [2.45, 2.75) is 56.8 Å². The van der Waals surface area contributed by atoms with Crippen LogP contribution in [0.3, 0.4) is 0 Å². The lowest BCUT2D eigenvalue weighted by Crippen LogP contribution is -2.28. The Kier molecular flexibility index (Phi) is 9.40. The van der Waals surface area contributed by atoms with Gasteiger partial charge < -0.3 is 0 Å². The zero-order valence-electron chi connectivity index (χ0n) is 20.5. The third-order valence-electron chi connectivity index (χ3n) is 7.25. The van der Waals surface area contributed by atoms with Gasteiger partial charge >= 0.3 is 0 Å². The smallest absolute Gasteiger partial charge is 0.0202 e. The highest BCUT2D eigenvalue weighted by Crippen LogP contribution is 2.43. The number of benzene rings is 4. The fraction of sp³-hybridized carbons (Fsp3) is 0.273. The highest BCUT2D eigenvalue weighted by molar-refractivity contribution is 9.10. The van der Waals surface area contributed by atoms with Gasteiger partial charge in [0.25, 0.3) is 0 Å². The lowest BCUT2D eigenvalue weighted by molar-refractivity contribution is 0.398. The molecule has 2 heteroatoms. The summed E-state index contributed by atoms with van der Waals surface area (Å²) in [6.07, 6.45) is 7.04. The molecule has 0 aliphatic rings. The van der Waals surface area contributed by atoms with Crippen molar-refractivity contribution in [1.29, 1.82) is 0 Å². The Labute approximate surface area is 228 Å². The van der Waals surface area contributed by atoms with E-state index in [1.165, 1.54) is 41.5 Å². The van der Waals surface area contributed by atoms with Crippen molar-refractivity contribution in [2.24, 2.45) is 0 Å². The second-order valence-corrected chi connectivity index (χ2v) is 11.3. The SMILES string of the molecule is CCCCC(CCCC(c1ccc(Br)cc1)c1ccc(Br)cc1)(c1ccccc1)c1ccccc1. The van der Waals surface area contributed by atoms with Gasteiger partial charge in [-0.3, -0.25) is 0 Å². The molecule has 35 heavy (non-hydrogen) atoms. The van der Waals surface area contributed by atoms with Crippen molar-refractivity contribution in [2.75, 3.05) is 0 Å². The van der Waals surface area contributed by atoms with E-state index in [1.54, 1.807) is 0 Å². The zero-order chi connectivity index (χ0) is 24.5. The summed E-state index contributed by atoms with van der Waals surface area (Å²) in [5, 5.41) is 0. The summed E-state index contributed by atoms with van der Waals surface area (Å²) in [4.78, 5) is 0. The minimum absolute atomic E-state index is 0.0442. The Morgan fingerprint density at radius 2 is 1.00 bits per heavy atom. The maximum absolute atomic E-state index is 3.61. The van der Waals surface area contributed by atoms with Crippen LogP contribution in [0.25, 0.3) is 0 Å². The van der Waals surface area contributed by atoms with Gasteiger partial charge in [0.05, 0.1) is 0 Å². The molecular formula is C33H34Br2. The Balaban J connectivity index is 1.66. The van der Waals surface area contributed by atoms with E-state index in [2.05, 4.69) is 148 Å². The van der Waals surface area contributed by atoms with E-state index in [1.807, 2.05) is 0 Å². The van der Waals surface area contributed by atoms with Crippen molar-refractivity contribution < 1.29 is 0 Å². The van der Waals surface area contributed by atoms with Crippen LogP contribution in [0.1, 0.15) is 73.6 Å². The highest BCUT2D eigenvalue weighted by Gasteiger charge is 2.33. The molecule has 0 aromatic heterocycles. The summed E-state index contributed by atoms with van der Waals surface area (Å²) in [6, 6.07) is 40.2. The van der Waals surface area contributed by atoms with Gasteiger partial charge in [0.1, 0.15) is 0 Å². The first-order chi connectivity index (χ1) is 17.1. The molecule has 4 rings (SSSR count). The van der Waals surface area contributed by atoms with E-state index < -0.39 is 0 Å². The second kappa shape index (κ2) is 12.7. The lowest BCUT2D eigenvalue weighted by atomic mass is 9.67. The van der Waals surface area contributed by atoms with Gasteiger partial charge in [0.2, 0.25) is 0 Å². The number of halogens is 2. The van der Waals surface area contributed by atoms with E-state index in [-0.39, 0.29) is 5.41 Å². The van der Waals surface area contributed by atoms with Crippen LogP contribution in [0, 0.1) is 0 Å². The van der Waals surface area contributed by atoms with Gasteiger partial charge in [-0.15, -0.1) is 0 Å². The number of unbranched alkanes of at least 4 members (excludes halogenated alkanes) is 1. The number of hydrogen-bond donors (Lipinski definition) is 0. The Morgan fingerprint density at radius 3 is 1.43 bits per heavy atom. The van der Waals surface area contributed by atoms with Gasteiger partial charge in [-0.1, -0.05) is 143 Å². The summed E-state index contributed by atoms with van der Waals surface area (Å²) < 4.78 is 2.25. The average Bonchev–Trinajstić information content (AvgIpc) is 2.91. The van der Waals surface area contributed by atoms with E-state index >= 15 is 0 Å². The van der Waals surface area contributed by atoms with E-state index in [0.717, 1.165) is 28.2 Å². The molecular weight excluding hydrogens is 556 g/mol. The topological polar surface area (TPSA) is 0 Å². The maximum Gasteiger partial charge on any atom is 0.0202 e. The molecule has 0 radical (unpaired) electrons. The van der Waals surface area contributed by atoms with Gasteiger partial charge in [-0.25, -0.2) is 0 Å². The molecule has 180 valence electrons. The molecule has 0 unspecified atom stereocenters. The van der Waals surface area contributed by atoms with Crippen LogP contribution in [0.15, 0.2) is 118 Å². The fourth-order valence-corrected chi connectivity index (χ4v) is 5.91. The first-order valence-electron chi connectivity index (χ1n) is 12.7. The molecule has 0 atom stereocenters. The van der Waals surface area contributed by atoms with E-state index in [9.17, 15) is 0 Å². The summed E-state index contributed by atoms with van der Waals surface area (Å²) >= 11 is 7.22. The molecule has 4 aromatic carbocycles. The number of rotatable bonds is 11. The Bertz CT molecular complexity index is 1060. The predicted molar refractivity (Wildman–Crippen MR) is 157 cm³/mol. The average molecular weight is 590 g/mol. The molecule has 0 aliphatic heterocycles. The monoisotopic (exact) mass is 588 g/mol. The molecule has 0 aliphatic carbocycles. The second-order valence-electron chi connectivity index (χ2n) is 9.47. The van der Waals surface area contributed by atoms with Gasteiger partial charge in [0, 0.05) is 20.3 Å². The van der Waals surface area contributed by atoms with Crippen LogP contribution in [0.2, 0.25) is 0 Å². The van der Waals surface area contributed by atoms with Crippen LogP contribution in [-0.4, -0.2) is 0 Å². The van der Waals surface area contributed by atoms with Crippen molar-refractivity contribution in [3.8, 4) is 0 Å². The quantitative estimate of drug-likeness (QED) is 0.163. The Hall–Kier alpha value is -2.16. The highest BCUT2D eigenvalue weighted by atomic mass is 79.9. The summed E-state index contributed by atoms with van der Waals surface area (Å²) in [7, 11) is 0. The van der Waals surface area contributed by atoms with Gasteiger partial charge in [0.15, 0.2) is 0 Å². The zero-order valence-corrected chi connectivity index (χ0v) is 23.6. The summed E-state index contributed by atoms with van der Waals surface area (Å²) in [5.74, 6) is 0.381. The largest absolute Gasteiger partial charge is 0.0654 e. The molecule has 0 heterocycles. The normalized spacial score (nSPS) is 11.7. The fourth-order valence-electron chi connectivity index (χ4n) is 5.39. The van der Waals surface area contributed by atoms with Crippen LogP contribution >= 0.6 is 31.9 Å². The van der Waals surface area contributed by atoms with Gasteiger partial charge in [-0.05, 0) is 65.8 Å². The molecule has 0 bridgehead atoms. The van der Waals surface area contributed by atoms with Crippen LogP contribution < -0.4 is 0 Å². The first kappa shape index (κ1) is 25.9. The molecule has 0 saturated heterocycles. The molecule has 0 saturated carbocycles. The standard InChI is InChI=1S/C33H34Br2/c1-2-3-24-33(28-11-6-4-7-12-28,29-13-8-5-9-14-29)25-10-15-32(26-16-20-30(34)21-17-26)27-18-22-31(35)23-19-27/h4-9,11-14,16-23,32H,2-3,10,15,24-25H2,1H3. The minimum atomic E-state index is 0.0442. The van der Waals surface area contributed by atoms with Crippen molar-refractivity contribution in [1.82, 2.24) is 0 Å². The third kappa shape index (κ3) is 6.54. The van der Waals surface area contributed by atoms with Crippen LogP contribution in [0.4, 0.5) is 0 Å². The summed E-state index contributed by atoms with van der Waals surface area (Å²) in [6.45, 7) is 2.30. The van der Waals surface area contributed by atoms with Crippen molar-refractivity contribution >= 4 is 31.9 Å². The molecule has 0 fully saturated rings. The Morgan fingerprint density at radius 1 is 0.571 bits per heavy atom. The van der Waals surface area contributed by atoms with Crippen molar-refractivity contribution in [3.63, 3.8) is 0 Å². The molecule has 0 spiro atoms. The maximum atomic E-state index is 3.61. The van der Waals surface area contributed by atoms with Crippen molar-refractivity contribution in [3.05, 3.63) is 140 Å². The van der Waals surface area contributed by atoms with Crippen LogP contribution in [0.5, 0.6) is 0 Å². The number of hydrogen-bond acceptors (Lipinski definition) is 0. The minimum Gasteiger partial charge on any atom is -0.0654 e. The molecule has 0 amide bonds. The molecule has 0 N–H and O–H groups in total. The lowest BCUT2D eigenvalue weighted by Gasteiger charge is -2.36. The van der Waals surface area contributed by atoms with Gasteiger partial charge in [-0.2, -0.15) is 0 Å². The summed E-state index contributed by atoms with van der Waals surface area (Å²) in [5.41, 5.74) is 5.71. The van der Waals surface area contributed by atoms with E-state index in [0.29, 0.717) is 5.92 Å². The third-order valence-corrected chi connectivity index (χ3v) is 8.31. The van der Waals surface area contributed by atoms with Crippen LogP contribution in [-0.2, 0) is 5.41 Å².